The molecule has 0 aliphatic heterocycles. The molecule has 4 rings (SSSR count). The molecule has 0 atom stereocenters. The fourth-order valence-corrected chi connectivity index (χ4v) is 3.31. The number of pyridine rings is 1. The zero-order valence-corrected chi connectivity index (χ0v) is 19.4. The van der Waals surface area contributed by atoms with Crippen LogP contribution in [0.15, 0.2) is 79.1 Å². The molecule has 4 aromatic rings. The Morgan fingerprint density at radius 2 is 2.00 bits per heavy atom. The van der Waals surface area contributed by atoms with E-state index < -0.39 is 5.91 Å². The molecule has 0 aliphatic rings. The van der Waals surface area contributed by atoms with Crippen LogP contribution in [0.5, 0.6) is 11.5 Å². The fraction of sp³-hybridized carbons (Fsp3) is 0.0769. The lowest BCUT2D eigenvalue weighted by atomic mass is 10.2. The number of nitrogens with one attached hydrogen (secondary N) is 1. The van der Waals surface area contributed by atoms with Crippen molar-refractivity contribution in [3.8, 4) is 23.4 Å². The van der Waals surface area contributed by atoms with Crippen LogP contribution in [0.3, 0.4) is 0 Å². The summed E-state index contributed by atoms with van der Waals surface area (Å²) in [6.45, 7) is 0.357. The quantitative estimate of drug-likeness (QED) is 0.351. The van der Waals surface area contributed by atoms with E-state index in [1.165, 1.54) is 17.0 Å². The number of carbonyl (C=O) groups excluding carboxylic acids is 1. The Kier molecular flexibility index (Phi) is 7.40. The maximum atomic E-state index is 12.6. The van der Waals surface area contributed by atoms with Crippen LogP contribution in [0.1, 0.15) is 16.7 Å². The van der Waals surface area contributed by atoms with Gasteiger partial charge < -0.3 is 14.8 Å². The first-order valence-corrected chi connectivity index (χ1v) is 10.9. The molecule has 2 aromatic carbocycles. The highest BCUT2D eigenvalue weighted by atomic mass is 35.5. The minimum atomic E-state index is -0.429. The molecule has 174 valence electrons. The monoisotopic (exact) mass is 485 g/mol. The molecular weight excluding hydrogens is 466 g/mol. The molecule has 0 unspecified atom stereocenters. The summed E-state index contributed by atoms with van der Waals surface area (Å²) in [6.07, 6.45) is 5.97. The Morgan fingerprint density at radius 1 is 1.17 bits per heavy atom. The largest absolute Gasteiger partial charge is 0.493 e. The minimum Gasteiger partial charge on any atom is -0.493 e. The van der Waals surface area contributed by atoms with E-state index >= 15 is 0 Å². The van der Waals surface area contributed by atoms with Crippen molar-refractivity contribution in [3.05, 3.63) is 101 Å². The average Bonchev–Trinajstić information content (AvgIpc) is 3.30. The zero-order chi connectivity index (χ0) is 24.6. The molecule has 0 saturated carbocycles. The Bertz CT molecular complexity index is 1390. The number of rotatable bonds is 8. The molecule has 0 bridgehead atoms. The number of anilines is 1. The van der Waals surface area contributed by atoms with E-state index in [0.29, 0.717) is 28.9 Å². The van der Waals surface area contributed by atoms with Gasteiger partial charge in [0.15, 0.2) is 23.1 Å². The van der Waals surface area contributed by atoms with Gasteiger partial charge in [0, 0.05) is 17.3 Å². The molecule has 1 amide bonds. The molecule has 9 heteroatoms. The van der Waals surface area contributed by atoms with Crippen LogP contribution in [-0.4, -0.2) is 27.8 Å². The first-order chi connectivity index (χ1) is 17.1. The summed E-state index contributed by atoms with van der Waals surface area (Å²) >= 11 is 5.92. The van der Waals surface area contributed by atoms with E-state index in [1.807, 2.05) is 24.3 Å². The van der Waals surface area contributed by atoms with Crippen molar-refractivity contribution in [2.45, 2.75) is 6.61 Å². The van der Waals surface area contributed by atoms with Gasteiger partial charge in [-0.15, -0.1) is 0 Å². The van der Waals surface area contributed by atoms with Gasteiger partial charge in [0.1, 0.15) is 18.2 Å². The number of ether oxygens (including phenoxy) is 2. The van der Waals surface area contributed by atoms with Crippen LogP contribution in [0, 0.1) is 11.3 Å². The topological polar surface area (TPSA) is 102 Å². The number of hydrogen-bond acceptors (Lipinski definition) is 6. The molecule has 8 nitrogen and oxygen atoms in total. The van der Waals surface area contributed by atoms with Crippen LogP contribution in [0.2, 0.25) is 5.02 Å². The van der Waals surface area contributed by atoms with E-state index in [2.05, 4.69) is 15.4 Å². The summed E-state index contributed by atoms with van der Waals surface area (Å²) in [5.74, 6) is 1.39. The number of nitrogens with zero attached hydrogens (tertiary/aromatic N) is 4. The predicted octanol–water partition coefficient (Wildman–Crippen LogP) is 5.03. The molecule has 35 heavy (non-hydrogen) atoms. The Labute approximate surface area is 207 Å². The van der Waals surface area contributed by atoms with Crippen molar-refractivity contribution in [2.75, 3.05) is 12.4 Å². The Hall–Kier alpha value is -4.61. The third-order valence-electron chi connectivity index (χ3n) is 4.92. The van der Waals surface area contributed by atoms with Crippen LogP contribution in [-0.2, 0) is 11.4 Å². The summed E-state index contributed by atoms with van der Waals surface area (Å²) in [5, 5.41) is 16.9. The number of nitriles is 1. The van der Waals surface area contributed by atoms with Gasteiger partial charge in [-0.1, -0.05) is 35.9 Å². The van der Waals surface area contributed by atoms with Crippen molar-refractivity contribution in [1.82, 2.24) is 14.8 Å². The first kappa shape index (κ1) is 23.5. The van der Waals surface area contributed by atoms with Gasteiger partial charge in [-0.05, 0) is 53.6 Å². The summed E-state index contributed by atoms with van der Waals surface area (Å²) < 4.78 is 12.7. The molecular formula is C26H20ClN5O3. The van der Waals surface area contributed by atoms with Gasteiger partial charge in [0.25, 0.3) is 0 Å². The third-order valence-corrected chi connectivity index (χ3v) is 5.17. The van der Waals surface area contributed by atoms with Crippen molar-refractivity contribution in [3.63, 3.8) is 0 Å². The highest BCUT2D eigenvalue weighted by Gasteiger charge is 2.14. The molecule has 1 N–H and O–H groups in total. The number of carbonyl (C=O) groups is 1. The van der Waals surface area contributed by atoms with Crippen LogP contribution >= 0.6 is 11.6 Å². The van der Waals surface area contributed by atoms with E-state index in [0.717, 1.165) is 11.1 Å². The number of benzene rings is 2. The van der Waals surface area contributed by atoms with Crippen molar-refractivity contribution >= 4 is 29.4 Å². The van der Waals surface area contributed by atoms with E-state index in [4.69, 9.17) is 21.1 Å². The van der Waals surface area contributed by atoms with Gasteiger partial charge in [-0.2, -0.15) is 15.0 Å². The van der Waals surface area contributed by atoms with Gasteiger partial charge in [0.05, 0.1) is 13.3 Å². The molecule has 2 heterocycles. The van der Waals surface area contributed by atoms with Crippen molar-refractivity contribution < 1.29 is 14.3 Å². The van der Waals surface area contributed by atoms with E-state index in [-0.39, 0.29) is 11.4 Å². The normalized spacial score (nSPS) is 10.7. The maximum absolute atomic E-state index is 12.6. The second kappa shape index (κ2) is 11.0. The zero-order valence-electron chi connectivity index (χ0n) is 18.7. The summed E-state index contributed by atoms with van der Waals surface area (Å²) in [7, 11) is 1.55. The van der Waals surface area contributed by atoms with Crippen molar-refractivity contribution in [1.29, 1.82) is 5.26 Å². The SMILES string of the molecule is COc1cc(/C=C/C(=O)Nc2c(C#N)cnn2-c2ccccn2)ccc1OCc1ccc(Cl)cc1. The average molecular weight is 486 g/mol. The number of hydrogen-bond donors (Lipinski definition) is 1. The standard InChI is InChI=1S/C26H20ClN5O3/c1-34-23-14-18(7-11-22(23)35-17-19-5-9-21(27)10-6-19)8-12-25(33)31-26-20(15-28)16-30-32(26)24-4-2-3-13-29-24/h2-14,16H,17H2,1H3,(H,31,33)/b12-8+. The number of aromatic nitrogens is 3. The highest BCUT2D eigenvalue weighted by molar-refractivity contribution is 6.30. The van der Waals surface area contributed by atoms with Crippen LogP contribution in [0.25, 0.3) is 11.9 Å². The van der Waals surface area contributed by atoms with Crippen molar-refractivity contribution in [2.24, 2.45) is 0 Å². The van der Waals surface area contributed by atoms with Crippen LogP contribution < -0.4 is 14.8 Å². The molecule has 0 saturated heterocycles. The molecule has 2 aromatic heterocycles. The third kappa shape index (κ3) is 5.85. The second-order valence-electron chi connectivity index (χ2n) is 7.27. The van der Waals surface area contributed by atoms with E-state index in [9.17, 15) is 10.1 Å². The maximum Gasteiger partial charge on any atom is 0.249 e. The molecule has 0 aliphatic carbocycles. The lowest BCUT2D eigenvalue weighted by Gasteiger charge is -2.11. The highest BCUT2D eigenvalue weighted by Crippen LogP contribution is 2.29. The minimum absolute atomic E-state index is 0.223. The lowest BCUT2D eigenvalue weighted by Crippen LogP contribution is -2.13. The summed E-state index contributed by atoms with van der Waals surface area (Å²) in [6, 6.07) is 20.0. The Morgan fingerprint density at radius 3 is 2.71 bits per heavy atom. The van der Waals surface area contributed by atoms with Gasteiger partial charge in [-0.3, -0.25) is 4.79 Å². The van der Waals surface area contributed by atoms with Gasteiger partial charge in [-0.25, -0.2) is 4.98 Å². The number of amides is 1. The number of halogens is 1. The van der Waals surface area contributed by atoms with Gasteiger partial charge >= 0.3 is 0 Å². The fourth-order valence-electron chi connectivity index (χ4n) is 3.18. The smallest absolute Gasteiger partial charge is 0.249 e. The van der Waals surface area contributed by atoms with Gasteiger partial charge in [0.2, 0.25) is 5.91 Å². The summed E-state index contributed by atoms with van der Waals surface area (Å²) in [4.78, 5) is 16.8. The second-order valence-corrected chi connectivity index (χ2v) is 7.70. The lowest BCUT2D eigenvalue weighted by molar-refractivity contribution is -0.111. The van der Waals surface area contributed by atoms with Crippen LogP contribution in [0.4, 0.5) is 5.82 Å². The molecule has 0 spiro atoms. The Balaban J connectivity index is 1.45. The summed E-state index contributed by atoms with van der Waals surface area (Å²) in [5.41, 5.74) is 1.93. The first-order valence-electron chi connectivity index (χ1n) is 10.5. The predicted molar refractivity (Wildman–Crippen MR) is 133 cm³/mol. The molecule has 0 radical (unpaired) electrons. The van der Waals surface area contributed by atoms with E-state index in [1.54, 1.807) is 61.8 Å². The number of methoxy groups -OCH3 is 1. The molecule has 0 fully saturated rings.